The summed E-state index contributed by atoms with van der Waals surface area (Å²) < 4.78 is 13.2. The SMILES string of the molecule is CC(NC(=O)c1ccccc1C(=O)O)c1cccc(F)c1. The van der Waals surface area contributed by atoms with Crippen LogP contribution in [0, 0.1) is 5.82 Å². The summed E-state index contributed by atoms with van der Waals surface area (Å²) in [5.41, 5.74) is 0.617. The first-order valence-electron chi connectivity index (χ1n) is 6.37. The van der Waals surface area contributed by atoms with Crippen LogP contribution in [0.2, 0.25) is 0 Å². The van der Waals surface area contributed by atoms with Gasteiger partial charge in [0, 0.05) is 0 Å². The number of aromatic carboxylic acids is 1. The average molecular weight is 287 g/mol. The zero-order valence-electron chi connectivity index (χ0n) is 11.3. The predicted octanol–water partition coefficient (Wildman–Crippen LogP) is 3.01. The first kappa shape index (κ1) is 14.7. The molecule has 0 spiro atoms. The molecule has 108 valence electrons. The van der Waals surface area contributed by atoms with E-state index in [-0.39, 0.29) is 16.9 Å². The van der Waals surface area contributed by atoms with Crippen molar-refractivity contribution < 1.29 is 19.1 Å². The maximum Gasteiger partial charge on any atom is 0.336 e. The number of hydrogen-bond acceptors (Lipinski definition) is 2. The second-order valence-corrected chi connectivity index (χ2v) is 4.60. The molecular weight excluding hydrogens is 273 g/mol. The lowest BCUT2D eigenvalue weighted by atomic mass is 10.0. The third-order valence-electron chi connectivity index (χ3n) is 3.10. The number of hydrogen-bond donors (Lipinski definition) is 2. The number of carboxylic acid groups (broad SMARTS) is 1. The maximum absolute atomic E-state index is 13.2. The average Bonchev–Trinajstić information content (AvgIpc) is 2.47. The van der Waals surface area contributed by atoms with Gasteiger partial charge in [-0.05, 0) is 36.8 Å². The third kappa shape index (κ3) is 3.45. The van der Waals surface area contributed by atoms with E-state index in [1.165, 1.54) is 24.3 Å². The van der Waals surface area contributed by atoms with E-state index in [4.69, 9.17) is 5.11 Å². The molecule has 0 saturated carbocycles. The van der Waals surface area contributed by atoms with Gasteiger partial charge in [-0.15, -0.1) is 0 Å². The normalized spacial score (nSPS) is 11.7. The smallest absolute Gasteiger partial charge is 0.336 e. The molecule has 0 saturated heterocycles. The Morgan fingerprint density at radius 1 is 1.10 bits per heavy atom. The van der Waals surface area contributed by atoms with Crippen LogP contribution in [0.4, 0.5) is 4.39 Å². The topological polar surface area (TPSA) is 66.4 Å². The van der Waals surface area contributed by atoms with Crippen molar-refractivity contribution in [2.45, 2.75) is 13.0 Å². The Labute approximate surface area is 121 Å². The molecule has 0 fully saturated rings. The number of halogens is 1. The van der Waals surface area contributed by atoms with Crippen LogP contribution in [-0.4, -0.2) is 17.0 Å². The minimum absolute atomic E-state index is 0.0681. The molecule has 1 unspecified atom stereocenters. The van der Waals surface area contributed by atoms with Crippen molar-refractivity contribution >= 4 is 11.9 Å². The minimum Gasteiger partial charge on any atom is -0.478 e. The summed E-state index contributed by atoms with van der Waals surface area (Å²) in [6.07, 6.45) is 0. The van der Waals surface area contributed by atoms with E-state index in [9.17, 15) is 14.0 Å². The molecule has 1 atom stereocenters. The zero-order valence-corrected chi connectivity index (χ0v) is 11.3. The van der Waals surface area contributed by atoms with E-state index in [1.54, 1.807) is 31.2 Å². The van der Waals surface area contributed by atoms with Gasteiger partial charge in [-0.1, -0.05) is 24.3 Å². The molecular formula is C16H14FNO3. The van der Waals surface area contributed by atoms with Crippen molar-refractivity contribution in [3.05, 3.63) is 71.0 Å². The van der Waals surface area contributed by atoms with Crippen molar-refractivity contribution in [2.24, 2.45) is 0 Å². The Hall–Kier alpha value is -2.69. The number of rotatable bonds is 4. The van der Waals surface area contributed by atoms with Crippen LogP contribution in [0.15, 0.2) is 48.5 Å². The molecule has 2 aromatic carbocycles. The monoisotopic (exact) mass is 287 g/mol. The van der Waals surface area contributed by atoms with Gasteiger partial charge in [0.25, 0.3) is 5.91 Å². The number of carbonyl (C=O) groups is 2. The Morgan fingerprint density at radius 2 is 1.76 bits per heavy atom. The molecule has 2 rings (SSSR count). The largest absolute Gasteiger partial charge is 0.478 e. The first-order valence-corrected chi connectivity index (χ1v) is 6.37. The number of carbonyl (C=O) groups excluding carboxylic acids is 1. The van der Waals surface area contributed by atoms with Crippen LogP contribution in [0.5, 0.6) is 0 Å². The van der Waals surface area contributed by atoms with Crippen LogP contribution < -0.4 is 5.32 Å². The molecule has 0 heterocycles. The first-order chi connectivity index (χ1) is 9.99. The van der Waals surface area contributed by atoms with E-state index in [1.807, 2.05) is 0 Å². The molecule has 0 aliphatic carbocycles. The Kier molecular flexibility index (Phi) is 4.33. The van der Waals surface area contributed by atoms with Crippen LogP contribution in [0.25, 0.3) is 0 Å². The summed E-state index contributed by atoms with van der Waals surface area (Å²) in [6, 6.07) is 11.4. The number of nitrogens with one attached hydrogen (secondary N) is 1. The van der Waals surface area contributed by atoms with E-state index in [0.717, 1.165) is 0 Å². The summed E-state index contributed by atoms with van der Waals surface area (Å²) in [5.74, 6) is -2.07. The summed E-state index contributed by atoms with van der Waals surface area (Å²) in [5, 5.41) is 11.7. The summed E-state index contributed by atoms with van der Waals surface area (Å²) in [6.45, 7) is 1.70. The number of benzene rings is 2. The molecule has 0 bridgehead atoms. The number of amides is 1. The van der Waals surface area contributed by atoms with E-state index < -0.39 is 17.9 Å². The highest BCUT2D eigenvalue weighted by Crippen LogP contribution is 2.15. The highest BCUT2D eigenvalue weighted by Gasteiger charge is 2.18. The fourth-order valence-corrected chi connectivity index (χ4v) is 2.00. The maximum atomic E-state index is 13.2. The van der Waals surface area contributed by atoms with Crippen LogP contribution in [0.1, 0.15) is 39.2 Å². The highest BCUT2D eigenvalue weighted by atomic mass is 19.1. The third-order valence-corrected chi connectivity index (χ3v) is 3.10. The van der Waals surface area contributed by atoms with Gasteiger partial charge in [-0.3, -0.25) is 4.79 Å². The lowest BCUT2D eigenvalue weighted by molar-refractivity contribution is 0.0690. The lowest BCUT2D eigenvalue weighted by Gasteiger charge is -2.15. The van der Waals surface area contributed by atoms with Crippen LogP contribution in [0.3, 0.4) is 0 Å². The van der Waals surface area contributed by atoms with E-state index in [0.29, 0.717) is 5.56 Å². The van der Waals surface area contributed by atoms with Crippen molar-refractivity contribution in [3.63, 3.8) is 0 Å². The Bertz CT molecular complexity index is 685. The Morgan fingerprint density at radius 3 is 2.38 bits per heavy atom. The second kappa shape index (κ2) is 6.17. The molecule has 2 N–H and O–H groups in total. The Balaban J connectivity index is 2.20. The molecule has 21 heavy (non-hydrogen) atoms. The van der Waals surface area contributed by atoms with Crippen molar-refractivity contribution in [1.29, 1.82) is 0 Å². The van der Waals surface area contributed by atoms with Gasteiger partial charge in [0.1, 0.15) is 5.82 Å². The molecule has 4 nitrogen and oxygen atoms in total. The summed E-state index contributed by atoms with van der Waals surface area (Å²) in [4.78, 5) is 23.3. The lowest BCUT2D eigenvalue weighted by Crippen LogP contribution is -2.28. The van der Waals surface area contributed by atoms with Crippen LogP contribution >= 0.6 is 0 Å². The zero-order chi connectivity index (χ0) is 15.4. The van der Waals surface area contributed by atoms with Gasteiger partial charge in [0.05, 0.1) is 17.2 Å². The molecule has 1 amide bonds. The van der Waals surface area contributed by atoms with Gasteiger partial charge in [-0.25, -0.2) is 9.18 Å². The van der Waals surface area contributed by atoms with Crippen LogP contribution in [-0.2, 0) is 0 Å². The standard InChI is InChI=1S/C16H14FNO3/c1-10(11-5-4-6-12(17)9-11)18-15(19)13-7-2-3-8-14(13)16(20)21/h2-10H,1H3,(H,18,19)(H,20,21). The highest BCUT2D eigenvalue weighted by molar-refractivity contribution is 6.04. The molecule has 0 aliphatic rings. The fraction of sp³-hybridized carbons (Fsp3) is 0.125. The molecule has 0 radical (unpaired) electrons. The summed E-state index contributed by atoms with van der Waals surface area (Å²) in [7, 11) is 0. The van der Waals surface area contributed by atoms with Crippen molar-refractivity contribution in [3.8, 4) is 0 Å². The molecule has 0 aliphatic heterocycles. The van der Waals surface area contributed by atoms with Gasteiger partial charge < -0.3 is 10.4 Å². The van der Waals surface area contributed by atoms with Crippen molar-refractivity contribution in [1.82, 2.24) is 5.32 Å². The van der Waals surface area contributed by atoms with Crippen molar-refractivity contribution in [2.75, 3.05) is 0 Å². The minimum atomic E-state index is -1.17. The number of carboxylic acids is 1. The van der Waals surface area contributed by atoms with E-state index in [2.05, 4.69) is 5.32 Å². The quantitative estimate of drug-likeness (QED) is 0.908. The molecule has 0 aromatic heterocycles. The van der Waals surface area contributed by atoms with Gasteiger partial charge in [0.2, 0.25) is 0 Å². The predicted molar refractivity (Wildman–Crippen MR) is 75.7 cm³/mol. The summed E-state index contributed by atoms with van der Waals surface area (Å²) >= 11 is 0. The van der Waals surface area contributed by atoms with Gasteiger partial charge in [0.15, 0.2) is 0 Å². The van der Waals surface area contributed by atoms with Gasteiger partial charge >= 0.3 is 5.97 Å². The van der Waals surface area contributed by atoms with E-state index >= 15 is 0 Å². The van der Waals surface area contributed by atoms with Gasteiger partial charge in [-0.2, -0.15) is 0 Å². The fourth-order valence-electron chi connectivity index (χ4n) is 2.00. The second-order valence-electron chi connectivity index (χ2n) is 4.60. The molecule has 5 heteroatoms. The molecule has 2 aromatic rings.